The number of nitrogens with one attached hydrogen (secondary N) is 1. The van der Waals surface area contributed by atoms with Gasteiger partial charge < -0.3 is 24.5 Å². The topological polar surface area (TPSA) is 220 Å². The van der Waals surface area contributed by atoms with Crippen molar-refractivity contribution < 1.29 is 14.3 Å². The molecule has 4 aromatic heterocycles. The smallest absolute Gasteiger partial charge is 0.267 e. The Morgan fingerprint density at radius 1 is 0.531 bits per heavy atom. The standard InChI is InChI=1S/C32H32N6O2.C28H26N6O2.C4H6O/c33-17-25-3-1-5-27(15-25)30-9-10-31(39)38(36-30)21-26-4-2-6-28(16-26)32-34-18-29(19-35-32)40-22-24-11-13-37(14-12-24)20-23-7-8-23;29-15-21-3-1-5-23(13-21)26-7-8-27(35)34(33-26)18-22-4-2-6-24(14-22)28-31-16-25(17-32-28)36-19-20-9-11-30-12-10-20;5-3-4-1-2-4/h1-6,9-10,15-16,18-19,23-24H,7-8,11-14,20-22H2;1-8,13-14,16-17,20,30H,9-12,18-19H2;3-4H,1-2H2. The van der Waals surface area contributed by atoms with Gasteiger partial charge in [0.15, 0.2) is 23.1 Å². The molecule has 0 atom stereocenters. The molecular weight excluding hydrogens is 1020 g/mol. The van der Waals surface area contributed by atoms with E-state index in [1.54, 1.807) is 67.3 Å². The maximum atomic E-state index is 12.6. The van der Waals surface area contributed by atoms with Crippen LogP contribution < -0.4 is 25.9 Å². The molecule has 0 radical (unpaired) electrons. The zero-order valence-electron chi connectivity index (χ0n) is 45.2. The highest BCUT2D eigenvalue weighted by Gasteiger charge is 2.27. The van der Waals surface area contributed by atoms with E-state index in [2.05, 4.69) is 52.5 Å². The van der Waals surface area contributed by atoms with Crippen LogP contribution in [0.4, 0.5) is 0 Å². The van der Waals surface area contributed by atoms with Crippen molar-refractivity contribution in [3.8, 4) is 68.9 Å². The number of hydrogen-bond donors (Lipinski definition) is 1. The zero-order valence-corrected chi connectivity index (χ0v) is 45.2. The predicted molar refractivity (Wildman–Crippen MR) is 308 cm³/mol. The molecule has 0 spiro atoms. The first-order valence-corrected chi connectivity index (χ1v) is 27.9. The fourth-order valence-electron chi connectivity index (χ4n) is 9.68. The highest BCUT2D eigenvalue weighted by Crippen LogP contribution is 2.32. The van der Waals surface area contributed by atoms with E-state index < -0.39 is 0 Å². The number of aromatic nitrogens is 8. The molecule has 0 bridgehead atoms. The number of nitriles is 2. The number of rotatable bonds is 17. The molecule has 0 unspecified atom stereocenters. The van der Waals surface area contributed by atoms with Crippen LogP contribution in [0.3, 0.4) is 0 Å². The summed E-state index contributed by atoms with van der Waals surface area (Å²) in [5, 5.41) is 30.8. The van der Waals surface area contributed by atoms with Gasteiger partial charge in [0, 0.05) is 46.8 Å². The van der Waals surface area contributed by atoms with Crippen molar-refractivity contribution in [2.24, 2.45) is 23.7 Å². The summed E-state index contributed by atoms with van der Waals surface area (Å²) in [7, 11) is 0. The molecule has 1 N–H and O–H groups in total. The summed E-state index contributed by atoms with van der Waals surface area (Å²) >= 11 is 0. The van der Waals surface area contributed by atoms with E-state index in [-0.39, 0.29) is 11.1 Å². The highest BCUT2D eigenvalue weighted by atomic mass is 16.5. The van der Waals surface area contributed by atoms with Crippen molar-refractivity contribution in [1.29, 1.82) is 10.5 Å². The normalized spacial score (nSPS) is 15.4. The lowest BCUT2D eigenvalue weighted by Crippen LogP contribution is -2.36. The average Bonchev–Trinajstić information content (AvgIpc) is 4.51. The number of nitrogens with zero attached hydrogens (tertiary/aromatic N) is 11. The van der Waals surface area contributed by atoms with E-state index in [0.717, 1.165) is 84.4 Å². The monoisotopic (exact) mass is 1080 g/mol. The third-order valence-corrected chi connectivity index (χ3v) is 14.8. The lowest BCUT2D eigenvalue weighted by molar-refractivity contribution is -0.108. The highest BCUT2D eigenvalue weighted by molar-refractivity contribution is 5.62. The summed E-state index contributed by atoms with van der Waals surface area (Å²) in [6.07, 6.45) is 17.7. The molecule has 2 saturated heterocycles. The number of aldehydes is 1. The number of ether oxygens (including phenoxy) is 2. The Bertz CT molecular complexity index is 3610. The molecule has 4 aromatic carbocycles. The van der Waals surface area contributed by atoms with Gasteiger partial charge in [-0.2, -0.15) is 20.7 Å². The average molecular weight is 1080 g/mol. The van der Waals surface area contributed by atoms with E-state index in [0.29, 0.717) is 89.7 Å². The van der Waals surface area contributed by atoms with E-state index in [1.165, 1.54) is 66.8 Å². The van der Waals surface area contributed by atoms with E-state index in [4.69, 9.17) is 9.47 Å². The SMILES string of the molecule is N#Cc1cccc(-c2ccc(=O)n(Cc3cccc(-c4ncc(OCC5CCN(CC6CC6)CC5)cn4)c3)n2)c1.N#Cc1cccc(-c2ccc(=O)n(Cc3cccc(-c4ncc(OCC5CCNCC5)cn4)c3)n2)c1.O=CC1CC1. The Balaban J connectivity index is 0.000000168. The molecule has 81 heavy (non-hydrogen) atoms. The summed E-state index contributed by atoms with van der Waals surface area (Å²) in [5.74, 6) is 5.10. The van der Waals surface area contributed by atoms with Crippen LogP contribution >= 0.6 is 0 Å². The fraction of sp³-hybridized carbons (Fsp3) is 0.328. The Kier molecular flexibility index (Phi) is 18.6. The van der Waals surface area contributed by atoms with Crippen molar-refractivity contribution in [2.75, 3.05) is 45.9 Å². The molecule has 8 aromatic rings. The molecule has 0 amide bonds. The van der Waals surface area contributed by atoms with Crippen LogP contribution in [0.15, 0.2) is 156 Å². The van der Waals surface area contributed by atoms with Gasteiger partial charge in [0.2, 0.25) is 0 Å². The third kappa shape index (κ3) is 16.1. The van der Waals surface area contributed by atoms with Crippen LogP contribution in [0.25, 0.3) is 45.3 Å². The Morgan fingerprint density at radius 3 is 1.42 bits per heavy atom. The van der Waals surface area contributed by atoms with E-state index in [9.17, 15) is 24.9 Å². The maximum Gasteiger partial charge on any atom is 0.267 e. The first-order chi connectivity index (χ1) is 39.7. The maximum absolute atomic E-state index is 12.6. The summed E-state index contributed by atoms with van der Waals surface area (Å²) < 4.78 is 14.8. The van der Waals surface area contributed by atoms with Gasteiger partial charge in [-0.3, -0.25) is 9.59 Å². The number of carbonyl (C=O) groups excluding carboxylic acids is 1. The second-order valence-electron chi connectivity index (χ2n) is 21.2. The fourth-order valence-corrected chi connectivity index (χ4v) is 9.68. The minimum absolute atomic E-state index is 0.197. The molecule has 17 heteroatoms. The molecule has 4 aliphatic rings. The molecular formula is C64H64N12O5. The lowest BCUT2D eigenvalue weighted by Gasteiger charge is -2.31. The van der Waals surface area contributed by atoms with Crippen LogP contribution in [0.5, 0.6) is 11.5 Å². The molecule has 2 aliphatic carbocycles. The number of likely N-dealkylation sites (tertiary alicyclic amines) is 1. The summed E-state index contributed by atoms with van der Waals surface area (Å²) in [5.41, 5.74) is 7.05. The minimum Gasteiger partial charge on any atom is -0.490 e. The number of carbonyl (C=O) groups is 1. The summed E-state index contributed by atoms with van der Waals surface area (Å²) in [6.45, 7) is 7.71. The van der Waals surface area contributed by atoms with Crippen LogP contribution in [0.2, 0.25) is 0 Å². The Hall–Kier alpha value is -9.03. The van der Waals surface area contributed by atoms with Gasteiger partial charge >= 0.3 is 0 Å². The molecule has 6 heterocycles. The van der Waals surface area contributed by atoms with Gasteiger partial charge in [0.05, 0.1) is 85.7 Å². The molecule has 12 rings (SSSR count). The molecule has 17 nitrogen and oxygen atoms in total. The first kappa shape index (κ1) is 55.3. The van der Waals surface area contributed by atoms with Gasteiger partial charge in [0.1, 0.15) is 6.29 Å². The molecule has 2 saturated carbocycles. The van der Waals surface area contributed by atoms with E-state index >= 15 is 0 Å². The third-order valence-electron chi connectivity index (χ3n) is 14.8. The first-order valence-electron chi connectivity index (χ1n) is 27.9. The van der Waals surface area contributed by atoms with Crippen molar-refractivity contribution in [3.05, 3.63) is 189 Å². The zero-order chi connectivity index (χ0) is 55.8. The van der Waals surface area contributed by atoms with Gasteiger partial charge in [-0.25, -0.2) is 29.3 Å². The van der Waals surface area contributed by atoms with Crippen molar-refractivity contribution in [3.63, 3.8) is 0 Å². The molecule has 2 aliphatic heterocycles. The summed E-state index contributed by atoms with van der Waals surface area (Å²) in [4.78, 5) is 55.3. The number of hydrogen-bond acceptors (Lipinski definition) is 15. The Labute approximate surface area is 470 Å². The second kappa shape index (κ2) is 27.2. The number of piperidine rings is 2. The largest absolute Gasteiger partial charge is 0.490 e. The van der Waals surface area contributed by atoms with Crippen molar-refractivity contribution >= 4 is 6.29 Å². The molecule has 410 valence electrons. The van der Waals surface area contributed by atoms with Crippen LogP contribution in [0.1, 0.15) is 73.6 Å². The van der Waals surface area contributed by atoms with Crippen molar-refractivity contribution in [1.82, 2.24) is 49.7 Å². The lowest BCUT2D eigenvalue weighted by atomic mass is 9.97. The Morgan fingerprint density at radius 2 is 0.988 bits per heavy atom. The van der Waals surface area contributed by atoms with Gasteiger partial charge in [-0.1, -0.05) is 60.7 Å². The van der Waals surface area contributed by atoms with Crippen LogP contribution in [-0.2, 0) is 17.9 Å². The molecule has 4 fully saturated rings. The van der Waals surface area contributed by atoms with Crippen LogP contribution in [0, 0.1) is 46.3 Å². The number of benzene rings is 4. The van der Waals surface area contributed by atoms with E-state index in [1.807, 2.05) is 66.7 Å². The van der Waals surface area contributed by atoms with Gasteiger partial charge in [-0.15, -0.1) is 0 Å². The van der Waals surface area contributed by atoms with Gasteiger partial charge in [0.25, 0.3) is 11.1 Å². The minimum atomic E-state index is -0.202. The second-order valence-corrected chi connectivity index (χ2v) is 21.2. The summed E-state index contributed by atoms with van der Waals surface area (Å²) in [6, 6.07) is 40.6. The van der Waals surface area contributed by atoms with Gasteiger partial charge in [-0.05, 0) is 155 Å². The quantitative estimate of drug-likeness (QED) is 0.0841. The van der Waals surface area contributed by atoms with Crippen LogP contribution in [-0.4, -0.2) is 96.6 Å². The predicted octanol–water partition coefficient (Wildman–Crippen LogP) is 9.05. The van der Waals surface area contributed by atoms with Crippen molar-refractivity contribution in [2.45, 2.75) is 64.5 Å².